The minimum Gasteiger partial charge on any atom is -0.497 e. The van der Waals surface area contributed by atoms with Crippen LogP contribution in [0.1, 0.15) is 0 Å². The highest BCUT2D eigenvalue weighted by Gasteiger charge is 2.17. The third-order valence-electron chi connectivity index (χ3n) is 3.06. The molecule has 2 aromatic rings. The molecule has 94 valence electrons. The van der Waals surface area contributed by atoms with Crippen molar-refractivity contribution >= 4 is 11.0 Å². The average Bonchev–Trinajstić information content (AvgIpc) is 2.36. The molecule has 0 amide bonds. The molecular weight excluding hydrogens is 230 g/mol. The molecule has 1 aliphatic heterocycles. The van der Waals surface area contributed by atoms with Gasteiger partial charge in [-0.25, -0.2) is 9.97 Å². The molecule has 0 unspecified atom stereocenters. The lowest BCUT2D eigenvalue weighted by atomic mass is 10.1. The summed E-state index contributed by atoms with van der Waals surface area (Å²) >= 11 is 0. The molecule has 3 rings (SSSR count). The van der Waals surface area contributed by atoms with Crippen LogP contribution in [-0.4, -0.2) is 36.8 Å². The summed E-state index contributed by atoms with van der Waals surface area (Å²) in [6, 6.07) is 5.62. The Hall–Kier alpha value is -1.88. The molecule has 1 aromatic carbocycles. The zero-order valence-electron chi connectivity index (χ0n) is 10.2. The molecule has 1 fully saturated rings. The van der Waals surface area contributed by atoms with Gasteiger partial charge < -0.3 is 14.8 Å². The Balaban J connectivity index is 1.79. The van der Waals surface area contributed by atoms with Crippen molar-refractivity contribution in [3.05, 3.63) is 24.4 Å². The van der Waals surface area contributed by atoms with E-state index < -0.39 is 0 Å². The van der Waals surface area contributed by atoms with Crippen LogP contribution < -0.4 is 14.8 Å². The first-order valence-corrected chi connectivity index (χ1v) is 5.99. The molecule has 1 N–H and O–H groups in total. The van der Waals surface area contributed by atoms with Crippen LogP contribution in [0.2, 0.25) is 0 Å². The van der Waals surface area contributed by atoms with Crippen molar-refractivity contribution in [1.29, 1.82) is 0 Å². The predicted molar refractivity (Wildman–Crippen MR) is 67.9 cm³/mol. The van der Waals surface area contributed by atoms with Crippen molar-refractivity contribution in [2.45, 2.75) is 0 Å². The van der Waals surface area contributed by atoms with Gasteiger partial charge in [-0.05, 0) is 12.1 Å². The van der Waals surface area contributed by atoms with Crippen LogP contribution in [0, 0.1) is 5.92 Å². The van der Waals surface area contributed by atoms with Gasteiger partial charge >= 0.3 is 0 Å². The quantitative estimate of drug-likeness (QED) is 0.878. The molecule has 0 radical (unpaired) electrons. The Morgan fingerprint density at radius 3 is 2.94 bits per heavy atom. The third-order valence-corrected chi connectivity index (χ3v) is 3.06. The predicted octanol–water partition coefficient (Wildman–Crippen LogP) is 1.24. The van der Waals surface area contributed by atoms with Gasteiger partial charge in [0.25, 0.3) is 0 Å². The molecule has 0 bridgehead atoms. The maximum Gasteiger partial charge on any atom is 0.232 e. The zero-order chi connectivity index (χ0) is 12.4. The molecule has 18 heavy (non-hydrogen) atoms. The fourth-order valence-corrected chi connectivity index (χ4v) is 1.84. The Bertz CT molecular complexity index is 555. The summed E-state index contributed by atoms with van der Waals surface area (Å²) in [7, 11) is 1.64. The minimum atomic E-state index is 0.572. The molecule has 0 aliphatic carbocycles. The Morgan fingerprint density at radius 1 is 1.33 bits per heavy atom. The fraction of sp³-hybridized carbons (Fsp3) is 0.385. The summed E-state index contributed by atoms with van der Waals surface area (Å²) in [6.07, 6.45) is 1.67. The molecule has 0 atom stereocenters. The van der Waals surface area contributed by atoms with Crippen molar-refractivity contribution in [2.24, 2.45) is 5.92 Å². The molecule has 5 heteroatoms. The highest BCUT2D eigenvalue weighted by atomic mass is 16.5. The van der Waals surface area contributed by atoms with Crippen LogP contribution in [-0.2, 0) is 0 Å². The summed E-state index contributed by atoms with van der Waals surface area (Å²) in [6.45, 7) is 2.74. The number of ether oxygens (including phenoxy) is 2. The second-order valence-electron chi connectivity index (χ2n) is 4.40. The molecule has 2 heterocycles. The molecule has 1 aliphatic rings. The van der Waals surface area contributed by atoms with Crippen LogP contribution in [0.15, 0.2) is 24.4 Å². The summed E-state index contributed by atoms with van der Waals surface area (Å²) < 4.78 is 10.8. The Kier molecular flexibility index (Phi) is 2.98. The Morgan fingerprint density at radius 2 is 2.22 bits per heavy atom. The number of benzene rings is 1. The lowest BCUT2D eigenvalue weighted by Crippen LogP contribution is -2.45. The maximum absolute atomic E-state index is 5.64. The van der Waals surface area contributed by atoms with Crippen molar-refractivity contribution in [3.8, 4) is 11.6 Å². The standard InChI is InChI=1S/C13H15N3O2/c1-17-10-2-3-11-12(4-10)16-13(7-15-11)18-8-9-5-14-6-9/h2-4,7,9,14H,5-6,8H2,1H3. The van der Waals surface area contributed by atoms with Gasteiger partial charge in [0.2, 0.25) is 5.88 Å². The number of fused-ring (bicyclic) bond motifs is 1. The van der Waals surface area contributed by atoms with Crippen LogP contribution in [0.5, 0.6) is 11.6 Å². The monoisotopic (exact) mass is 245 g/mol. The van der Waals surface area contributed by atoms with E-state index in [4.69, 9.17) is 9.47 Å². The number of methoxy groups -OCH3 is 1. The highest BCUT2D eigenvalue weighted by molar-refractivity contribution is 5.76. The van der Waals surface area contributed by atoms with Gasteiger partial charge in [-0.1, -0.05) is 0 Å². The first-order chi connectivity index (χ1) is 8.85. The van der Waals surface area contributed by atoms with Crippen LogP contribution >= 0.6 is 0 Å². The van der Waals surface area contributed by atoms with Gasteiger partial charge in [-0.2, -0.15) is 0 Å². The third kappa shape index (κ3) is 2.22. The largest absolute Gasteiger partial charge is 0.497 e. The van der Waals surface area contributed by atoms with Crippen molar-refractivity contribution in [1.82, 2.24) is 15.3 Å². The lowest BCUT2D eigenvalue weighted by molar-refractivity contribution is 0.193. The van der Waals surface area contributed by atoms with E-state index in [1.165, 1.54) is 0 Å². The maximum atomic E-state index is 5.64. The van der Waals surface area contributed by atoms with Gasteiger partial charge in [0.05, 0.1) is 30.9 Å². The van der Waals surface area contributed by atoms with Crippen LogP contribution in [0.3, 0.4) is 0 Å². The van der Waals surface area contributed by atoms with E-state index >= 15 is 0 Å². The van der Waals surface area contributed by atoms with Gasteiger partial charge in [0.1, 0.15) is 5.75 Å². The smallest absolute Gasteiger partial charge is 0.232 e. The second kappa shape index (κ2) is 4.78. The Labute approximate surface area is 105 Å². The van der Waals surface area contributed by atoms with E-state index in [2.05, 4.69) is 15.3 Å². The summed E-state index contributed by atoms with van der Waals surface area (Å²) in [5.74, 6) is 1.94. The van der Waals surface area contributed by atoms with Crippen molar-refractivity contribution < 1.29 is 9.47 Å². The van der Waals surface area contributed by atoms with Crippen molar-refractivity contribution in [3.63, 3.8) is 0 Å². The topological polar surface area (TPSA) is 56.3 Å². The minimum absolute atomic E-state index is 0.572. The average molecular weight is 245 g/mol. The molecule has 1 saturated heterocycles. The summed E-state index contributed by atoms with van der Waals surface area (Å²) in [5.41, 5.74) is 1.63. The first kappa shape index (κ1) is 11.2. The normalized spacial score (nSPS) is 15.4. The number of nitrogens with one attached hydrogen (secondary N) is 1. The zero-order valence-corrected chi connectivity index (χ0v) is 10.2. The van der Waals surface area contributed by atoms with E-state index in [0.717, 1.165) is 29.9 Å². The number of rotatable bonds is 4. The first-order valence-electron chi connectivity index (χ1n) is 5.99. The van der Waals surface area contributed by atoms with E-state index in [1.54, 1.807) is 13.3 Å². The van der Waals surface area contributed by atoms with E-state index in [1.807, 2.05) is 18.2 Å². The number of hydrogen-bond donors (Lipinski definition) is 1. The highest BCUT2D eigenvalue weighted by Crippen LogP contribution is 2.19. The fourth-order valence-electron chi connectivity index (χ4n) is 1.84. The van der Waals surface area contributed by atoms with Crippen LogP contribution in [0.25, 0.3) is 11.0 Å². The number of nitrogens with zero attached hydrogens (tertiary/aromatic N) is 2. The van der Waals surface area contributed by atoms with Gasteiger partial charge in [0, 0.05) is 25.1 Å². The molecule has 1 aromatic heterocycles. The van der Waals surface area contributed by atoms with Gasteiger partial charge in [0.15, 0.2) is 0 Å². The van der Waals surface area contributed by atoms with Gasteiger partial charge in [-0.3, -0.25) is 0 Å². The molecule has 0 spiro atoms. The SMILES string of the molecule is COc1ccc2ncc(OCC3CNC3)nc2c1. The number of hydrogen-bond acceptors (Lipinski definition) is 5. The number of aromatic nitrogens is 2. The van der Waals surface area contributed by atoms with Gasteiger partial charge in [-0.15, -0.1) is 0 Å². The van der Waals surface area contributed by atoms with E-state index in [9.17, 15) is 0 Å². The summed E-state index contributed by atoms with van der Waals surface area (Å²) in [5, 5.41) is 3.21. The summed E-state index contributed by atoms with van der Waals surface area (Å²) in [4.78, 5) is 8.75. The van der Waals surface area contributed by atoms with E-state index in [-0.39, 0.29) is 0 Å². The van der Waals surface area contributed by atoms with Crippen molar-refractivity contribution in [2.75, 3.05) is 26.8 Å². The van der Waals surface area contributed by atoms with E-state index in [0.29, 0.717) is 18.4 Å². The molecule has 5 nitrogen and oxygen atoms in total. The molecule has 0 saturated carbocycles. The molecular formula is C13H15N3O2. The van der Waals surface area contributed by atoms with Crippen LogP contribution in [0.4, 0.5) is 0 Å². The second-order valence-corrected chi connectivity index (χ2v) is 4.40. The lowest BCUT2D eigenvalue weighted by Gasteiger charge is -2.26.